The Morgan fingerprint density at radius 2 is 2.06 bits per heavy atom. The topological polar surface area (TPSA) is 79.8 Å². The minimum absolute atomic E-state index is 0.210. The fraction of sp³-hybridized carbons (Fsp3) is 0.333. The summed E-state index contributed by atoms with van der Waals surface area (Å²) in [6.45, 7) is 2.19. The number of carbonyl (C=O) groups is 1. The molecule has 1 saturated carbocycles. The zero-order valence-electron chi connectivity index (χ0n) is 18.2. The highest BCUT2D eigenvalue weighted by Gasteiger charge is 2.33. The van der Waals surface area contributed by atoms with Gasteiger partial charge in [0.2, 0.25) is 0 Å². The number of fused-ring (bicyclic) bond motifs is 1. The third-order valence-corrected chi connectivity index (χ3v) is 7.37. The van der Waals surface area contributed by atoms with E-state index in [0.717, 1.165) is 31.2 Å². The Labute approximate surface area is 200 Å². The summed E-state index contributed by atoms with van der Waals surface area (Å²) in [6.07, 6.45) is 10.6. The van der Waals surface area contributed by atoms with E-state index < -0.39 is 0 Å². The lowest BCUT2D eigenvalue weighted by molar-refractivity contribution is -0.122. The van der Waals surface area contributed by atoms with Gasteiger partial charge in [-0.15, -0.1) is 0 Å². The van der Waals surface area contributed by atoms with Gasteiger partial charge in [0.1, 0.15) is 21.5 Å². The molecule has 1 saturated heterocycles. The maximum Gasteiger partial charge on any atom is 0.267 e. The van der Waals surface area contributed by atoms with Crippen molar-refractivity contribution in [2.75, 3.05) is 5.32 Å². The number of nitrogens with one attached hydrogen (secondary N) is 1. The second-order valence-corrected chi connectivity index (χ2v) is 10.1. The second kappa shape index (κ2) is 9.15. The van der Waals surface area contributed by atoms with Gasteiger partial charge in [0.05, 0.1) is 23.3 Å². The summed E-state index contributed by atoms with van der Waals surface area (Å²) in [5, 5.41) is 3.49. The molecular formula is C24H24N4O3S2. The van der Waals surface area contributed by atoms with Gasteiger partial charge in [-0.1, -0.05) is 49.3 Å². The molecule has 7 nitrogen and oxygen atoms in total. The van der Waals surface area contributed by atoms with Crippen LogP contribution in [-0.4, -0.2) is 30.6 Å². The molecule has 1 N–H and O–H groups in total. The quantitative estimate of drug-likeness (QED) is 0.417. The van der Waals surface area contributed by atoms with Crippen molar-refractivity contribution < 1.29 is 9.21 Å². The summed E-state index contributed by atoms with van der Waals surface area (Å²) in [7, 11) is 0. The molecule has 3 aromatic rings. The number of amides is 1. The van der Waals surface area contributed by atoms with Gasteiger partial charge < -0.3 is 9.73 Å². The van der Waals surface area contributed by atoms with Crippen molar-refractivity contribution in [1.29, 1.82) is 0 Å². The monoisotopic (exact) mass is 480 g/mol. The van der Waals surface area contributed by atoms with Crippen molar-refractivity contribution in [3.63, 3.8) is 0 Å². The molecule has 0 atom stereocenters. The minimum Gasteiger partial charge on any atom is -0.467 e. The van der Waals surface area contributed by atoms with Crippen LogP contribution in [0.15, 0.2) is 50.8 Å². The van der Waals surface area contributed by atoms with Gasteiger partial charge in [-0.05, 0) is 49.6 Å². The number of thiocarbonyl (C=S) groups is 1. The number of thioether (sulfide) groups is 1. The number of hydrogen-bond donors (Lipinski definition) is 1. The molecule has 0 aromatic carbocycles. The Balaban J connectivity index is 1.55. The average Bonchev–Trinajstić information content (AvgIpc) is 3.42. The number of anilines is 1. The fourth-order valence-corrected chi connectivity index (χ4v) is 5.50. The number of nitrogens with zero attached hydrogens (tertiary/aromatic N) is 3. The van der Waals surface area contributed by atoms with E-state index in [1.807, 2.05) is 19.1 Å². The van der Waals surface area contributed by atoms with Gasteiger partial charge in [-0.3, -0.25) is 18.9 Å². The molecule has 3 aromatic heterocycles. The first kappa shape index (κ1) is 21.9. The van der Waals surface area contributed by atoms with E-state index in [-0.39, 0.29) is 24.1 Å². The van der Waals surface area contributed by atoms with Crippen molar-refractivity contribution in [2.24, 2.45) is 0 Å². The molecule has 2 fully saturated rings. The lowest BCUT2D eigenvalue weighted by atomic mass is 9.95. The molecule has 9 heteroatoms. The molecule has 5 rings (SSSR count). The zero-order valence-corrected chi connectivity index (χ0v) is 19.9. The molecule has 1 aliphatic heterocycles. The zero-order chi connectivity index (χ0) is 22.9. The fourth-order valence-electron chi connectivity index (χ4n) is 4.26. The van der Waals surface area contributed by atoms with Crippen LogP contribution in [0, 0.1) is 6.92 Å². The minimum atomic E-state index is -0.237. The van der Waals surface area contributed by atoms with Crippen molar-refractivity contribution >= 4 is 51.7 Å². The summed E-state index contributed by atoms with van der Waals surface area (Å²) in [5.74, 6) is 0.931. The predicted octanol–water partition coefficient (Wildman–Crippen LogP) is 4.74. The number of pyridine rings is 1. The summed E-state index contributed by atoms with van der Waals surface area (Å²) in [4.78, 5) is 33.3. The molecular weight excluding hydrogens is 456 g/mol. The Morgan fingerprint density at radius 3 is 2.82 bits per heavy atom. The highest BCUT2D eigenvalue weighted by atomic mass is 32.2. The first-order valence-corrected chi connectivity index (χ1v) is 12.3. The summed E-state index contributed by atoms with van der Waals surface area (Å²) >= 11 is 6.64. The number of aromatic nitrogens is 2. The van der Waals surface area contributed by atoms with E-state index in [1.165, 1.54) is 27.5 Å². The van der Waals surface area contributed by atoms with Crippen LogP contribution in [-0.2, 0) is 11.3 Å². The van der Waals surface area contributed by atoms with Crippen LogP contribution in [0.1, 0.15) is 49.0 Å². The third-order valence-electron chi connectivity index (χ3n) is 5.99. The van der Waals surface area contributed by atoms with Crippen molar-refractivity contribution in [2.45, 2.75) is 51.6 Å². The molecule has 33 heavy (non-hydrogen) atoms. The highest BCUT2D eigenvalue weighted by molar-refractivity contribution is 8.26. The molecule has 0 bridgehead atoms. The lowest BCUT2D eigenvalue weighted by Crippen LogP contribution is -2.28. The van der Waals surface area contributed by atoms with Crippen molar-refractivity contribution in [1.82, 2.24) is 14.3 Å². The number of hydrogen-bond acceptors (Lipinski definition) is 7. The van der Waals surface area contributed by atoms with E-state index in [0.29, 0.717) is 32.0 Å². The first-order chi connectivity index (χ1) is 16.0. The molecule has 0 radical (unpaired) electrons. The van der Waals surface area contributed by atoms with E-state index in [2.05, 4.69) is 5.32 Å². The Kier molecular flexibility index (Phi) is 6.07. The van der Waals surface area contributed by atoms with E-state index in [4.69, 9.17) is 21.6 Å². The van der Waals surface area contributed by atoms with Gasteiger partial charge in [-0.25, -0.2) is 4.98 Å². The first-order valence-electron chi connectivity index (χ1n) is 11.1. The van der Waals surface area contributed by atoms with Gasteiger partial charge in [0.15, 0.2) is 0 Å². The molecule has 1 amide bonds. The maximum atomic E-state index is 13.5. The van der Waals surface area contributed by atoms with E-state index >= 15 is 0 Å². The largest absolute Gasteiger partial charge is 0.467 e. The number of furan rings is 1. The summed E-state index contributed by atoms with van der Waals surface area (Å²) < 4.78 is 7.35. The number of carbonyl (C=O) groups excluding carboxylic acids is 1. The van der Waals surface area contributed by atoms with Gasteiger partial charge >= 0.3 is 0 Å². The molecule has 2 aliphatic rings. The molecule has 170 valence electrons. The normalized spacial score (nSPS) is 18.6. The standard InChI is InChI=1S/C24H24N4O3S2/c1-15-9-10-20-26-21(25-16-6-3-2-4-7-16)18(22(29)27(20)13-15)12-19-23(30)28(24(32)33-19)14-17-8-5-11-31-17/h5,8-13,16,25H,2-4,6-7,14H2,1H3. The van der Waals surface area contributed by atoms with Crippen LogP contribution in [0.4, 0.5) is 5.82 Å². The van der Waals surface area contributed by atoms with Crippen LogP contribution in [0.25, 0.3) is 11.7 Å². The van der Waals surface area contributed by atoms with E-state index in [9.17, 15) is 9.59 Å². The molecule has 0 spiro atoms. The summed E-state index contributed by atoms with van der Waals surface area (Å²) in [5.41, 5.74) is 1.70. The maximum absolute atomic E-state index is 13.5. The average molecular weight is 481 g/mol. The summed E-state index contributed by atoms with van der Waals surface area (Å²) in [6, 6.07) is 7.62. The number of aryl methyl sites for hydroxylation is 1. The molecule has 0 unspecified atom stereocenters. The van der Waals surface area contributed by atoms with Gasteiger partial charge in [-0.2, -0.15) is 0 Å². The SMILES string of the molecule is Cc1ccc2nc(NC3CCCCC3)c(C=C3SC(=S)N(Cc4ccco4)C3=O)c(=O)n2c1. The number of rotatable bonds is 5. The highest BCUT2D eigenvalue weighted by Crippen LogP contribution is 2.34. The smallest absolute Gasteiger partial charge is 0.267 e. The Bertz CT molecular complexity index is 1310. The van der Waals surface area contributed by atoms with Gasteiger partial charge in [0, 0.05) is 12.2 Å². The predicted molar refractivity (Wildman–Crippen MR) is 134 cm³/mol. The van der Waals surface area contributed by atoms with Crippen LogP contribution < -0.4 is 10.9 Å². The van der Waals surface area contributed by atoms with Crippen LogP contribution in [0.5, 0.6) is 0 Å². The van der Waals surface area contributed by atoms with Crippen LogP contribution in [0.3, 0.4) is 0 Å². The van der Waals surface area contributed by atoms with Crippen LogP contribution >= 0.6 is 24.0 Å². The van der Waals surface area contributed by atoms with Crippen molar-refractivity contribution in [3.8, 4) is 0 Å². The third kappa shape index (κ3) is 4.47. The van der Waals surface area contributed by atoms with Gasteiger partial charge in [0.25, 0.3) is 11.5 Å². The van der Waals surface area contributed by atoms with Crippen molar-refractivity contribution in [3.05, 3.63) is 68.9 Å². The second-order valence-electron chi connectivity index (χ2n) is 8.44. The lowest BCUT2D eigenvalue weighted by Gasteiger charge is -2.24. The molecule has 4 heterocycles. The molecule has 1 aliphatic carbocycles. The Hall–Kier alpha value is -2.91. The van der Waals surface area contributed by atoms with E-state index in [1.54, 1.807) is 30.7 Å². The Morgan fingerprint density at radius 1 is 1.24 bits per heavy atom. The van der Waals surface area contributed by atoms with Crippen LogP contribution in [0.2, 0.25) is 0 Å².